The van der Waals surface area contributed by atoms with Gasteiger partial charge in [-0.05, 0) is 67.2 Å². The highest BCUT2D eigenvalue weighted by molar-refractivity contribution is 7.07. The number of rotatable bonds is 6. The van der Waals surface area contributed by atoms with Crippen LogP contribution in [0.15, 0.2) is 16.8 Å². The maximum atomic E-state index is 12.6. The molecule has 1 saturated heterocycles. The fourth-order valence-electron chi connectivity index (χ4n) is 3.56. The van der Waals surface area contributed by atoms with Gasteiger partial charge in [0.05, 0.1) is 0 Å². The first kappa shape index (κ1) is 15.0. The van der Waals surface area contributed by atoms with Crippen LogP contribution < -0.4 is 10.6 Å². The van der Waals surface area contributed by atoms with Crippen LogP contribution in [0.2, 0.25) is 0 Å². The summed E-state index contributed by atoms with van der Waals surface area (Å²) < 4.78 is 0. The molecule has 2 aliphatic rings. The quantitative estimate of drug-likeness (QED) is 0.843. The molecule has 1 amide bonds. The van der Waals surface area contributed by atoms with Crippen molar-refractivity contribution in [2.75, 3.05) is 26.7 Å². The third kappa shape index (κ3) is 3.30. The Labute approximate surface area is 130 Å². The van der Waals surface area contributed by atoms with E-state index in [-0.39, 0.29) is 0 Å². The minimum Gasteiger partial charge on any atom is -0.335 e. The number of piperidine rings is 1. The van der Waals surface area contributed by atoms with Gasteiger partial charge >= 0.3 is 0 Å². The minimum absolute atomic E-state index is 0.302. The molecule has 1 aromatic heterocycles. The first-order valence-corrected chi connectivity index (χ1v) is 8.85. The van der Waals surface area contributed by atoms with Gasteiger partial charge in [-0.3, -0.25) is 4.79 Å². The largest absolute Gasteiger partial charge is 0.335 e. The number of hydrogen-bond acceptors (Lipinski definition) is 4. The standard InChI is InChI=1S/C16H25N3OS/c1-17-6-2-15(20)19(11-13-3-9-21-12-13)14-10-16(14)4-7-18-8-5-16/h3,9,12,14,17-18H,2,4-8,10-11H2,1H3. The normalized spacial score (nSPS) is 23.2. The van der Waals surface area contributed by atoms with Crippen molar-refractivity contribution in [3.05, 3.63) is 22.4 Å². The van der Waals surface area contributed by atoms with Crippen LogP contribution in [0.4, 0.5) is 0 Å². The number of nitrogens with zero attached hydrogens (tertiary/aromatic N) is 1. The van der Waals surface area contributed by atoms with Gasteiger partial charge in [0, 0.05) is 25.6 Å². The number of hydrogen-bond donors (Lipinski definition) is 2. The van der Waals surface area contributed by atoms with Crippen molar-refractivity contribution in [1.29, 1.82) is 0 Å². The lowest BCUT2D eigenvalue weighted by Crippen LogP contribution is -2.39. The van der Waals surface area contributed by atoms with Crippen molar-refractivity contribution in [2.24, 2.45) is 5.41 Å². The minimum atomic E-state index is 0.302. The van der Waals surface area contributed by atoms with E-state index in [1.54, 1.807) is 11.3 Å². The Morgan fingerprint density at radius 2 is 2.33 bits per heavy atom. The molecule has 1 aliphatic carbocycles. The van der Waals surface area contributed by atoms with E-state index < -0.39 is 0 Å². The summed E-state index contributed by atoms with van der Waals surface area (Å²) in [6.07, 6.45) is 4.24. The molecule has 1 spiro atoms. The number of nitrogens with one attached hydrogen (secondary N) is 2. The molecule has 0 aromatic carbocycles. The molecule has 116 valence electrons. The topological polar surface area (TPSA) is 44.4 Å². The summed E-state index contributed by atoms with van der Waals surface area (Å²) in [6, 6.07) is 2.60. The zero-order valence-corrected chi connectivity index (χ0v) is 13.5. The van der Waals surface area contributed by atoms with Gasteiger partial charge in [0.15, 0.2) is 0 Å². The molecule has 2 heterocycles. The Balaban J connectivity index is 1.68. The lowest BCUT2D eigenvalue weighted by atomic mass is 9.93. The van der Waals surface area contributed by atoms with Crippen LogP contribution >= 0.6 is 11.3 Å². The molecular formula is C16H25N3OS. The molecule has 5 heteroatoms. The molecular weight excluding hydrogens is 282 g/mol. The molecule has 1 aliphatic heterocycles. The molecule has 1 atom stereocenters. The zero-order valence-electron chi connectivity index (χ0n) is 12.7. The summed E-state index contributed by atoms with van der Waals surface area (Å²) in [4.78, 5) is 14.8. The Kier molecular flexibility index (Phi) is 4.62. The Morgan fingerprint density at radius 3 is 3.00 bits per heavy atom. The van der Waals surface area contributed by atoms with Crippen molar-refractivity contribution in [3.8, 4) is 0 Å². The summed E-state index contributed by atoms with van der Waals surface area (Å²) in [5.41, 5.74) is 1.69. The highest BCUT2D eigenvalue weighted by Gasteiger charge is 2.57. The molecule has 1 unspecified atom stereocenters. The van der Waals surface area contributed by atoms with Gasteiger partial charge in [-0.15, -0.1) is 0 Å². The molecule has 1 saturated carbocycles. The highest BCUT2D eigenvalue weighted by Crippen LogP contribution is 2.56. The van der Waals surface area contributed by atoms with Gasteiger partial charge in [-0.1, -0.05) is 0 Å². The summed E-state index contributed by atoms with van der Waals surface area (Å²) in [6.45, 7) is 3.76. The third-order valence-corrected chi connectivity index (χ3v) is 5.70. The highest BCUT2D eigenvalue weighted by atomic mass is 32.1. The van der Waals surface area contributed by atoms with Crippen molar-refractivity contribution in [1.82, 2.24) is 15.5 Å². The lowest BCUT2D eigenvalue weighted by Gasteiger charge is -2.29. The van der Waals surface area contributed by atoms with Crippen LogP contribution in [0, 0.1) is 5.41 Å². The number of carbonyl (C=O) groups is 1. The monoisotopic (exact) mass is 307 g/mol. The van der Waals surface area contributed by atoms with Gasteiger partial charge < -0.3 is 15.5 Å². The summed E-state index contributed by atoms with van der Waals surface area (Å²) in [5, 5.41) is 10.8. The van der Waals surface area contributed by atoms with Gasteiger partial charge in [-0.25, -0.2) is 0 Å². The van der Waals surface area contributed by atoms with Crippen LogP contribution in [0.3, 0.4) is 0 Å². The van der Waals surface area contributed by atoms with Crippen LogP contribution in [0.5, 0.6) is 0 Å². The molecule has 21 heavy (non-hydrogen) atoms. The second-order valence-electron chi connectivity index (χ2n) is 6.34. The van der Waals surface area contributed by atoms with E-state index in [0.29, 0.717) is 23.8 Å². The Bertz CT molecular complexity index is 468. The molecule has 3 rings (SSSR count). The Morgan fingerprint density at radius 1 is 1.52 bits per heavy atom. The maximum absolute atomic E-state index is 12.6. The van der Waals surface area contributed by atoms with Gasteiger partial charge in [-0.2, -0.15) is 11.3 Å². The van der Waals surface area contributed by atoms with Gasteiger partial charge in [0.1, 0.15) is 0 Å². The fourth-order valence-corrected chi connectivity index (χ4v) is 4.22. The van der Waals surface area contributed by atoms with E-state index >= 15 is 0 Å². The Hall–Kier alpha value is -0.910. The third-order valence-electron chi connectivity index (χ3n) is 4.96. The molecule has 0 bridgehead atoms. The number of amides is 1. The second-order valence-corrected chi connectivity index (χ2v) is 7.12. The molecule has 1 aromatic rings. The van der Waals surface area contributed by atoms with Crippen LogP contribution in [-0.2, 0) is 11.3 Å². The summed E-state index contributed by atoms with van der Waals surface area (Å²) in [7, 11) is 1.90. The predicted molar refractivity (Wildman–Crippen MR) is 86.4 cm³/mol. The van der Waals surface area contributed by atoms with E-state index in [4.69, 9.17) is 0 Å². The van der Waals surface area contributed by atoms with Crippen molar-refractivity contribution >= 4 is 17.2 Å². The molecule has 4 nitrogen and oxygen atoms in total. The van der Waals surface area contributed by atoms with Crippen molar-refractivity contribution < 1.29 is 4.79 Å². The molecule has 2 N–H and O–H groups in total. The van der Waals surface area contributed by atoms with Gasteiger partial charge in [0.25, 0.3) is 0 Å². The van der Waals surface area contributed by atoms with E-state index in [0.717, 1.165) is 26.2 Å². The van der Waals surface area contributed by atoms with E-state index in [2.05, 4.69) is 32.4 Å². The molecule has 2 fully saturated rings. The van der Waals surface area contributed by atoms with Crippen LogP contribution in [0.1, 0.15) is 31.2 Å². The average molecular weight is 307 g/mol. The van der Waals surface area contributed by atoms with Crippen LogP contribution in [0.25, 0.3) is 0 Å². The lowest BCUT2D eigenvalue weighted by molar-refractivity contribution is -0.133. The van der Waals surface area contributed by atoms with Crippen molar-refractivity contribution in [2.45, 2.75) is 38.3 Å². The first-order valence-electron chi connectivity index (χ1n) is 7.91. The first-order chi connectivity index (χ1) is 10.2. The second kappa shape index (κ2) is 6.46. The number of thiophene rings is 1. The van der Waals surface area contributed by atoms with E-state index in [1.807, 2.05) is 7.05 Å². The van der Waals surface area contributed by atoms with Gasteiger partial charge in [0.2, 0.25) is 5.91 Å². The summed E-state index contributed by atoms with van der Waals surface area (Å²) in [5.74, 6) is 0.302. The SMILES string of the molecule is CNCCC(=O)N(Cc1ccsc1)C1CC12CCNCC2. The smallest absolute Gasteiger partial charge is 0.224 e. The van der Waals surface area contributed by atoms with Crippen molar-refractivity contribution in [3.63, 3.8) is 0 Å². The predicted octanol–water partition coefficient (Wildman–Crippen LogP) is 1.83. The molecule has 0 radical (unpaired) electrons. The van der Waals surface area contributed by atoms with E-state index in [1.165, 1.54) is 24.8 Å². The zero-order chi connectivity index (χ0) is 14.7. The summed E-state index contributed by atoms with van der Waals surface area (Å²) >= 11 is 1.71. The maximum Gasteiger partial charge on any atom is 0.224 e. The average Bonchev–Trinajstić information content (AvgIpc) is 2.95. The van der Waals surface area contributed by atoms with Crippen LogP contribution in [-0.4, -0.2) is 43.5 Å². The van der Waals surface area contributed by atoms with E-state index in [9.17, 15) is 4.79 Å². The number of carbonyl (C=O) groups excluding carboxylic acids is 1. The fraction of sp³-hybridized carbons (Fsp3) is 0.688.